The Labute approximate surface area is 96.4 Å². The highest BCUT2D eigenvalue weighted by Crippen LogP contribution is 2.22. The van der Waals surface area contributed by atoms with Gasteiger partial charge in [-0.05, 0) is 37.8 Å². The highest BCUT2D eigenvalue weighted by atomic mass is 16.2. The number of nitrogens with zero attached hydrogens (tertiary/aromatic N) is 1. The minimum Gasteiger partial charge on any atom is -0.317 e. The van der Waals surface area contributed by atoms with Crippen LogP contribution < -0.4 is 5.32 Å². The minimum absolute atomic E-state index is 0.0299. The number of carbonyl (C=O) groups excluding carboxylic acids is 2. The molecule has 2 saturated heterocycles. The van der Waals surface area contributed by atoms with Gasteiger partial charge in [0, 0.05) is 19.4 Å². The maximum absolute atomic E-state index is 11.8. The Balaban J connectivity index is 1.92. The third kappa shape index (κ3) is 2.61. The summed E-state index contributed by atoms with van der Waals surface area (Å²) in [5.74, 6) is 0.788. The molecule has 0 unspecified atom stereocenters. The zero-order chi connectivity index (χ0) is 11.5. The molecule has 2 rings (SSSR count). The lowest BCUT2D eigenvalue weighted by molar-refractivity contribution is -0.150. The number of carbonyl (C=O) groups is 2. The molecule has 0 radical (unpaired) electrons. The van der Waals surface area contributed by atoms with Gasteiger partial charge >= 0.3 is 0 Å². The van der Waals surface area contributed by atoms with E-state index < -0.39 is 0 Å². The molecule has 0 bridgehead atoms. The molecule has 0 aliphatic carbocycles. The molecular weight excluding hydrogens is 204 g/mol. The molecule has 0 aromatic heterocycles. The summed E-state index contributed by atoms with van der Waals surface area (Å²) in [5, 5.41) is 3.29. The van der Waals surface area contributed by atoms with Crippen molar-refractivity contribution in [3.63, 3.8) is 0 Å². The first-order valence-electron chi connectivity index (χ1n) is 6.20. The van der Waals surface area contributed by atoms with Crippen molar-refractivity contribution in [1.29, 1.82) is 0 Å². The molecule has 2 fully saturated rings. The molecule has 0 atom stereocenters. The van der Waals surface area contributed by atoms with Gasteiger partial charge in [0.25, 0.3) is 0 Å². The summed E-state index contributed by atoms with van der Waals surface area (Å²) < 4.78 is 0. The van der Waals surface area contributed by atoms with E-state index in [0.717, 1.165) is 25.9 Å². The highest BCUT2D eigenvalue weighted by Gasteiger charge is 2.31. The molecule has 0 aromatic rings. The summed E-state index contributed by atoms with van der Waals surface area (Å²) >= 11 is 0. The van der Waals surface area contributed by atoms with Gasteiger partial charge < -0.3 is 5.32 Å². The molecule has 90 valence electrons. The summed E-state index contributed by atoms with van der Waals surface area (Å²) in [7, 11) is 0. The maximum Gasteiger partial charge on any atom is 0.229 e. The van der Waals surface area contributed by atoms with Crippen LogP contribution in [0, 0.1) is 11.8 Å². The van der Waals surface area contributed by atoms with Crippen molar-refractivity contribution in [3.8, 4) is 0 Å². The van der Waals surface area contributed by atoms with Crippen LogP contribution >= 0.6 is 0 Å². The van der Waals surface area contributed by atoms with E-state index in [4.69, 9.17) is 0 Å². The van der Waals surface area contributed by atoms with E-state index in [9.17, 15) is 9.59 Å². The second-order valence-corrected chi connectivity index (χ2v) is 5.10. The first kappa shape index (κ1) is 11.6. The fraction of sp³-hybridized carbons (Fsp3) is 0.833. The molecule has 2 amide bonds. The van der Waals surface area contributed by atoms with Crippen LogP contribution in [0.3, 0.4) is 0 Å². The van der Waals surface area contributed by atoms with E-state index in [2.05, 4.69) is 5.32 Å². The minimum atomic E-state index is 0.0299. The van der Waals surface area contributed by atoms with Gasteiger partial charge in [0.15, 0.2) is 0 Å². The van der Waals surface area contributed by atoms with Crippen molar-refractivity contribution < 1.29 is 9.59 Å². The van der Waals surface area contributed by atoms with Crippen LogP contribution in [0.4, 0.5) is 0 Å². The number of rotatable bonds is 2. The van der Waals surface area contributed by atoms with Gasteiger partial charge in [-0.25, -0.2) is 0 Å². The molecule has 2 aliphatic rings. The van der Waals surface area contributed by atoms with Gasteiger partial charge in [0.1, 0.15) is 0 Å². The number of piperidine rings is 2. The van der Waals surface area contributed by atoms with Crippen LogP contribution in [0.25, 0.3) is 0 Å². The SMILES string of the molecule is CC1CC(=O)N(CC2CCNCC2)C(=O)C1. The summed E-state index contributed by atoms with van der Waals surface area (Å²) in [6.07, 6.45) is 3.23. The van der Waals surface area contributed by atoms with Crippen molar-refractivity contribution in [2.45, 2.75) is 32.6 Å². The topological polar surface area (TPSA) is 49.4 Å². The van der Waals surface area contributed by atoms with E-state index in [1.165, 1.54) is 4.90 Å². The summed E-state index contributed by atoms with van der Waals surface area (Å²) in [6, 6.07) is 0. The zero-order valence-electron chi connectivity index (χ0n) is 9.87. The Morgan fingerprint density at radius 3 is 2.31 bits per heavy atom. The van der Waals surface area contributed by atoms with Crippen LogP contribution in [0.15, 0.2) is 0 Å². The Morgan fingerprint density at radius 1 is 1.19 bits per heavy atom. The smallest absolute Gasteiger partial charge is 0.229 e. The molecule has 0 saturated carbocycles. The summed E-state index contributed by atoms with van der Waals surface area (Å²) in [4.78, 5) is 25.1. The number of likely N-dealkylation sites (tertiary alicyclic amines) is 1. The summed E-state index contributed by atoms with van der Waals surface area (Å²) in [6.45, 7) is 4.64. The lowest BCUT2D eigenvalue weighted by atomic mass is 9.93. The molecule has 2 aliphatic heterocycles. The van der Waals surface area contributed by atoms with Gasteiger partial charge in [-0.15, -0.1) is 0 Å². The van der Waals surface area contributed by atoms with Crippen LogP contribution in [0.5, 0.6) is 0 Å². The highest BCUT2D eigenvalue weighted by molar-refractivity contribution is 5.97. The molecule has 0 aromatic carbocycles. The third-order valence-corrected chi connectivity index (χ3v) is 3.55. The lowest BCUT2D eigenvalue weighted by Gasteiger charge is -2.32. The van der Waals surface area contributed by atoms with E-state index in [1.54, 1.807) is 0 Å². The van der Waals surface area contributed by atoms with Gasteiger partial charge in [0.2, 0.25) is 11.8 Å². The normalized spacial score (nSPS) is 25.2. The van der Waals surface area contributed by atoms with Crippen LogP contribution in [-0.2, 0) is 9.59 Å². The summed E-state index contributed by atoms with van der Waals surface area (Å²) in [5.41, 5.74) is 0. The van der Waals surface area contributed by atoms with Gasteiger partial charge in [0.05, 0.1) is 0 Å². The van der Waals surface area contributed by atoms with E-state index >= 15 is 0 Å². The Kier molecular flexibility index (Phi) is 3.59. The monoisotopic (exact) mass is 224 g/mol. The van der Waals surface area contributed by atoms with Gasteiger partial charge in [-0.3, -0.25) is 14.5 Å². The van der Waals surface area contributed by atoms with Crippen molar-refractivity contribution in [3.05, 3.63) is 0 Å². The van der Waals surface area contributed by atoms with E-state index in [0.29, 0.717) is 25.3 Å². The second-order valence-electron chi connectivity index (χ2n) is 5.10. The largest absolute Gasteiger partial charge is 0.317 e. The van der Waals surface area contributed by atoms with Crippen molar-refractivity contribution >= 4 is 11.8 Å². The Bertz CT molecular complexity index is 267. The fourth-order valence-electron chi connectivity index (χ4n) is 2.55. The standard InChI is InChI=1S/C12H20N2O2/c1-9-6-11(15)14(12(16)7-9)8-10-2-4-13-5-3-10/h9-10,13H,2-8H2,1H3. The second kappa shape index (κ2) is 4.95. The molecule has 1 N–H and O–H groups in total. The molecule has 0 spiro atoms. The zero-order valence-corrected chi connectivity index (χ0v) is 9.87. The number of hydrogen-bond donors (Lipinski definition) is 1. The lowest BCUT2D eigenvalue weighted by Crippen LogP contribution is -2.46. The number of nitrogens with one attached hydrogen (secondary N) is 1. The van der Waals surface area contributed by atoms with E-state index in [1.807, 2.05) is 6.92 Å². The number of amides is 2. The van der Waals surface area contributed by atoms with Crippen LogP contribution in [-0.4, -0.2) is 36.3 Å². The predicted octanol–water partition coefficient (Wildman–Crippen LogP) is 0.771. The van der Waals surface area contributed by atoms with Crippen molar-refractivity contribution in [2.75, 3.05) is 19.6 Å². The molecular formula is C12H20N2O2. The predicted molar refractivity (Wildman–Crippen MR) is 60.7 cm³/mol. The molecule has 2 heterocycles. The first-order valence-corrected chi connectivity index (χ1v) is 6.20. The fourth-order valence-corrected chi connectivity index (χ4v) is 2.55. The molecule has 4 nitrogen and oxygen atoms in total. The van der Waals surface area contributed by atoms with Crippen LogP contribution in [0.1, 0.15) is 32.6 Å². The third-order valence-electron chi connectivity index (χ3n) is 3.55. The number of imide groups is 1. The van der Waals surface area contributed by atoms with Crippen molar-refractivity contribution in [1.82, 2.24) is 10.2 Å². The molecule has 16 heavy (non-hydrogen) atoms. The number of hydrogen-bond acceptors (Lipinski definition) is 3. The van der Waals surface area contributed by atoms with Gasteiger partial charge in [-0.2, -0.15) is 0 Å². The van der Waals surface area contributed by atoms with E-state index in [-0.39, 0.29) is 17.7 Å². The molecule has 4 heteroatoms. The van der Waals surface area contributed by atoms with Gasteiger partial charge in [-0.1, -0.05) is 6.92 Å². The van der Waals surface area contributed by atoms with Crippen molar-refractivity contribution in [2.24, 2.45) is 11.8 Å². The average Bonchev–Trinajstić information content (AvgIpc) is 2.25. The quantitative estimate of drug-likeness (QED) is 0.705. The van der Waals surface area contributed by atoms with Crippen LogP contribution in [0.2, 0.25) is 0 Å². The Hall–Kier alpha value is -0.900. The average molecular weight is 224 g/mol. The first-order chi connectivity index (χ1) is 7.66. The Morgan fingerprint density at radius 2 is 1.75 bits per heavy atom. The maximum atomic E-state index is 11.8.